The zero-order valence-electron chi connectivity index (χ0n) is 12.8. The molecule has 0 heterocycles. The minimum atomic E-state index is 0.873. The highest BCUT2D eigenvalue weighted by atomic mass is 16.5. The van der Waals surface area contributed by atoms with E-state index in [0.29, 0.717) is 0 Å². The van der Waals surface area contributed by atoms with Crippen LogP contribution in [0.1, 0.15) is 24.8 Å². The molecule has 0 unspecified atom stereocenters. The van der Waals surface area contributed by atoms with Crippen LogP contribution < -0.4 is 4.74 Å². The Morgan fingerprint density at radius 3 is 2.23 bits per heavy atom. The number of fused-ring (bicyclic) bond motifs is 1. The van der Waals surface area contributed by atoms with Crippen molar-refractivity contribution in [1.29, 1.82) is 0 Å². The maximum absolute atomic E-state index is 6.06. The van der Waals surface area contributed by atoms with E-state index in [1.807, 2.05) is 30.3 Å². The molecule has 0 aromatic heterocycles. The lowest BCUT2D eigenvalue weighted by atomic mass is 9.99. The summed E-state index contributed by atoms with van der Waals surface area (Å²) in [6, 6.07) is 22.7. The molecule has 3 rings (SSSR count). The van der Waals surface area contributed by atoms with Crippen molar-refractivity contribution < 1.29 is 4.74 Å². The van der Waals surface area contributed by atoms with E-state index in [4.69, 9.17) is 4.74 Å². The summed E-state index contributed by atoms with van der Waals surface area (Å²) in [4.78, 5) is 0. The number of ether oxygens (including phenoxy) is 1. The Bertz CT molecular complexity index is 731. The molecule has 3 aromatic carbocycles. The minimum absolute atomic E-state index is 0.873. The molecule has 0 spiro atoms. The van der Waals surface area contributed by atoms with E-state index in [0.717, 1.165) is 24.3 Å². The molecule has 0 aliphatic rings. The molecule has 0 saturated carbocycles. The third-order valence-corrected chi connectivity index (χ3v) is 3.89. The van der Waals surface area contributed by atoms with E-state index in [1.165, 1.54) is 29.2 Å². The van der Waals surface area contributed by atoms with Crippen LogP contribution in [0.15, 0.2) is 66.7 Å². The number of rotatable bonds is 6. The lowest BCUT2D eigenvalue weighted by molar-refractivity contribution is 0.488. The molecule has 0 fully saturated rings. The van der Waals surface area contributed by atoms with Gasteiger partial charge in [0.2, 0.25) is 0 Å². The van der Waals surface area contributed by atoms with Gasteiger partial charge >= 0.3 is 0 Å². The van der Waals surface area contributed by atoms with Gasteiger partial charge in [-0.2, -0.15) is 0 Å². The van der Waals surface area contributed by atoms with E-state index in [1.54, 1.807) is 0 Å². The van der Waals surface area contributed by atoms with Crippen molar-refractivity contribution in [3.8, 4) is 11.5 Å². The molecule has 111 valence electrons. The number of benzene rings is 3. The second-order valence-electron chi connectivity index (χ2n) is 5.49. The summed E-state index contributed by atoms with van der Waals surface area (Å²) in [5, 5.41) is 2.47. The van der Waals surface area contributed by atoms with Crippen LogP contribution in [-0.4, -0.2) is 0 Å². The van der Waals surface area contributed by atoms with Crippen molar-refractivity contribution in [2.24, 2.45) is 0 Å². The third kappa shape index (κ3) is 3.30. The first-order chi connectivity index (χ1) is 10.9. The summed E-state index contributed by atoms with van der Waals surface area (Å²) < 4.78 is 6.06. The van der Waals surface area contributed by atoms with Gasteiger partial charge in [0.15, 0.2) is 0 Å². The smallest absolute Gasteiger partial charge is 0.135 e. The van der Waals surface area contributed by atoms with Crippen LogP contribution in [0.4, 0.5) is 0 Å². The molecule has 0 atom stereocenters. The van der Waals surface area contributed by atoms with E-state index < -0.39 is 0 Å². The van der Waals surface area contributed by atoms with Gasteiger partial charge in [0.1, 0.15) is 11.5 Å². The van der Waals surface area contributed by atoms with Crippen LogP contribution in [-0.2, 0) is 6.42 Å². The molecule has 0 aliphatic carbocycles. The Morgan fingerprint density at radius 2 is 1.45 bits per heavy atom. The average Bonchev–Trinajstić information content (AvgIpc) is 2.58. The summed E-state index contributed by atoms with van der Waals surface area (Å²) in [5.41, 5.74) is 1.39. The van der Waals surface area contributed by atoms with Gasteiger partial charge < -0.3 is 4.74 Å². The molecule has 0 amide bonds. The molecule has 1 heteroatoms. The molecular formula is C21H21O. The van der Waals surface area contributed by atoms with Gasteiger partial charge in [-0.1, -0.05) is 68.3 Å². The molecule has 1 nitrogen and oxygen atoms in total. The summed E-state index contributed by atoms with van der Waals surface area (Å²) in [7, 11) is 0. The number of aryl methyl sites for hydroxylation is 1. The Labute approximate surface area is 132 Å². The zero-order chi connectivity index (χ0) is 15.2. The molecule has 0 N–H and O–H groups in total. The van der Waals surface area contributed by atoms with Crippen LogP contribution in [0.5, 0.6) is 11.5 Å². The third-order valence-electron chi connectivity index (χ3n) is 3.89. The normalized spacial score (nSPS) is 10.8. The molecule has 0 aliphatic heterocycles. The lowest BCUT2D eigenvalue weighted by Gasteiger charge is -2.12. The van der Waals surface area contributed by atoms with Crippen molar-refractivity contribution in [3.05, 3.63) is 79.2 Å². The van der Waals surface area contributed by atoms with Gasteiger partial charge in [-0.15, -0.1) is 0 Å². The highest BCUT2D eigenvalue weighted by molar-refractivity contribution is 5.91. The van der Waals surface area contributed by atoms with E-state index >= 15 is 0 Å². The highest BCUT2D eigenvalue weighted by Crippen LogP contribution is 2.32. The monoisotopic (exact) mass is 289 g/mol. The number of hydrogen-bond acceptors (Lipinski definition) is 1. The number of para-hydroxylation sites is 1. The van der Waals surface area contributed by atoms with Gasteiger partial charge in [-0.3, -0.25) is 0 Å². The standard InChI is InChI=1S/C21H21O/c1-2-3-5-10-17-15-16-21(20-14-9-8-13-19(17)20)22-18-11-6-4-7-12-18/h4,6-9,11-16H,1-3,5,10H2. The predicted molar refractivity (Wildman–Crippen MR) is 93.4 cm³/mol. The maximum Gasteiger partial charge on any atom is 0.135 e. The van der Waals surface area contributed by atoms with Crippen LogP contribution in [0.2, 0.25) is 0 Å². The van der Waals surface area contributed by atoms with Gasteiger partial charge in [-0.25, -0.2) is 0 Å². The van der Waals surface area contributed by atoms with Crippen LogP contribution in [0.25, 0.3) is 10.8 Å². The zero-order valence-corrected chi connectivity index (χ0v) is 12.8. The Morgan fingerprint density at radius 1 is 0.727 bits per heavy atom. The summed E-state index contributed by atoms with van der Waals surface area (Å²) >= 11 is 0. The molecule has 3 aromatic rings. The van der Waals surface area contributed by atoms with Crippen LogP contribution >= 0.6 is 0 Å². The fraction of sp³-hybridized carbons (Fsp3) is 0.190. The average molecular weight is 289 g/mol. The summed E-state index contributed by atoms with van der Waals surface area (Å²) in [6.45, 7) is 3.92. The Kier molecular flexibility index (Phi) is 4.75. The molecular weight excluding hydrogens is 268 g/mol. The topological polar surface area (TPSA) is 9.23 Å². The quantitative estimate of drug-likeness (QED) is 0.492. The SMILES string of the molecule is [CH2]CCCCc1ccc(Oc2ccccc2)c2ccccc12. The van der Waals surface area contributed by atoms with E-state index in [2.05, 4.69) is 43.3 Å². The van der Waals surface area contributed by atoms with E-state index in [-0.39, 0.29) is 0 Å². The van der Waals surface area contributed by atoms with Gasteiger partial charge in [0, 0.05) is 5.39 Å². The minimum Gasteiger partial charge on any atom is -0.457 e. The second kappa shape index (κ2) is 7.13. The molecule has 0 bridgehead atoms. The first-order valence-electron chi connectivity index (χ1n) is 7.91. The summed E-state index contributed by atoms with van der Waals surface area (Å²) in [5.74, 6) is 1.79. The fourth-order valence-corrected chi connectivity index (χ4v) is 2.75. The second-order valence-corrected chi connectivity index (χ2v) is 5.49. The Hall–Kier alpha value is -2.28. The first kappa shape index (κ1) is 14.6. The fourth-order valence-electron chi connectivity index (χ4n) is 2.75. The van der Waals surface area contributed by atoms with Crippen molar-refractivity contribution in [3.63, 3.8) is 0 Å². The maximum atomic E-state index is 6.06. The largest absolute Gasteiger partial charge is 0.457 e. The van der Waals surface area contributed by atoms with Crippen molar-refractivity contribution in [1.82, 2.24) is 0 Å². The number of unbranched alkanes of at least 4 members (excludes halogenated alkanes) is 2. The van der Waals surface area contributed by atoms with Crippen molar-refractivity contribution in [2.75, 3.05) is 0 Å². The predicted octanol–water partition coefficient (Wildman–Crippen LogP) is 6.18. The van der Waals surface area contributed by atoms with Crippen molar-refractivity contribution in [2.45, 2.75) is 25.7 Å². The van der Waals surface area contributed by atoms with Crippen molar-refractivity contribution >= 4 is 10.8 Å². The van der Waals surface area contributed by atoms with Crippen LogP contribution in [0.3, 0.4) is 0 Å². The van der Waals surface area contributed by atoms with E-state index in [9.17, 15) is 0 Å². The lowest BCUT2D eigenvalue weighted by Crippen LogP contribution is -1.91. The molecule has 0 saturated heterocycles. The van der Waals surface area contributed by atoms with Gasteiger partial charge in [-0.05, 0) is 42.0 Å². The summed E-state index contributed by atoms with van der Waals surface area (Å²) in [6.07, 6.45) is 4.47. The Balaban J connectivity index is 1.94. The van der Waals surface area contributed by atoms with Gasteiger partial charge in [0.25, 0.3) is 0 Å². The number of hydrogen-bond donors (Lipinski definition) is 0. The molecule has 1 radical (unpaired) electrons. The highest BCUT2D eigenvalue weighted by Gasteiger charge is 2.07. The first-order valence-corrected chi connectivity index (χ1v) is 7.91. The van der Waals surface area contributed by atoms with Gasteiger partial charge in [0.05, 0.1) is 0 Å². The van der Waals surface area contributed by atoms with Crippen LogP contribution in [0, 0.1) is 6.92 Å². The molecule has 22 heavy (non-hydrogen) atoms.